The fourth-order valence-corrected chi connectivity index (χ4v) is 3.02. The van der Waals surface area contributed by atoms with E-state index in [1.807, 2.05) is 19.1 Å². The molecule has 3 aromatic rings. The van der Waals surface area contributed by atoms with Crippen molar-refractivity contribution in [3.8, 4) is 16.9 Å². The Morgan fingerprint density at radius 3 is 2.31 bits per heavy atom. The smallest absolute Gasteiger partial charge is 0.169 e. The Morgan fingerprint density at radius 2 is 1.65 bits per heavy atom. The van der Waals surface area contributed by atoms with E-state index in [-0.39, 0.29) is 16.5 Å². The summed E-state index contributed by atoms with van der Waals surface area (Å²) in [6.45, 7) is 1.87. The van der Waals surface area contributed by atoms with Gasteiger partial charge in [-0.1, -0.05) is 36.4 Å². The Balaban J connectivity index is 2.10. The van der Waals surface area contributed by atoms with Gasteiger partial charge in [-0.05, 0) is 54.5 Å². The van der Waals surface area contributed by atoms with Crippen LogP contribution in [0.1, 0.15) is 18.9 Å². The lowest BCUT2D eigenvalue weighted by molar-refractivity contribution is 0.415. The monoisotopic (exact) mass is 356 g/mol. The highest BCUT2D eigenvalue weighted by atomic mass is 19.2. The molecule has 0 aliphatic heterocycles. The SMILES string of the molecule is C/C=C/CCc1cc2ccc(-c3ccc(OC)cc3)c(F)c2c(F)c1F. The molecule has 0 saturated carbocycles. The standard InChI is InChI=1S/C22H19F3O/c1-3-4-5-6-16-13-15-9-12-18(14-7-10-17(26-2)11-8-14)21(24)19(15)22(25)20(16)23/h3-4,7-13H,5-6H2,1-2H3/b4-3+. The van der Waals surface area contributed by atoms with Gasteiger partial charge in [0.15, 0.2) is 11.6 Å². The minimum Gasteiger partial charge on any atom is -0.497 e. The molecule has 3 aromatic carbocycles. The van der Waals surface area contributed by atoms with Crippen molar-refractivity contribution >= 4 is 10.8 Å². The summed E-state index contributed by atoms with van der Waals surface area (Å²) >= 11 is 0. The molecule has 0 saturated heterocycles. The molecule has 0 spiro atoms. The van der Waals surface area contributed by atoms with Crippen molar-refractivity contribution < 1.29 is 17.9 Å². The third-order valence-corrected chi connectivity index (χ3v) is 4.42. The van der Waals surface area contributed by atoms with Gasteiger partial charge < -0.3 is 4.74 Å². The summed E-state index contributed by atoms with van der Waals surface area (Å²) in [5.74, 6) is -2.24. The van der Waals surface area contributed by atoms with Crippen molar-refractivity contribution in [3.05, 3.63) is 77.6 Å². The minimum atomic E-state index is -1.13. The molecule has 0 atom stereocenters. The highest BCUT2D eigenvalue weighted by molar-refractivity contribution is 5.89. The average Bonchev–Trinajstić information content (AvgIpc) is 2.66. The lowest BCUT2D eigenvalue weighted by atomic mass is 9.97. The molecule has 0 radical (unpaired) electrons. The number of hydrogen-bond acceptors (Lipinski definition) is 1. The van der Waals surface area contributed by atoms with Gasteiger partial charge in [-0.25, -0.2) is 13.2 Å². The van der Waals surface area contributed by atoms with Crippen LogP contribution in [-0.4, -0.2) is 7.11 Å². The summed E-state index contributed by atoms with van der Waals surface area (Å²) < 4.78 is 49.0. The van der Waals surface area contributed by atoms with Gasteiger partial charge in [0.1, 0.15) is 11.6 Å². The van der Waals surface area contributed by atoms with Gasteiger partial charge in [-0.2, -0.15) is 0 Å². The lowest BCUT2D eigenvalue weighted by Crippen LogP contribution is -1.99. The van der Waals surface area contributed by atoms with E-state index in [0.717, 1.165) is 0 Å². The van der Waals surface area contributed by atoms with Crippen LogP contribution in [0.3, 0.4) is 0 Å². The zero-order chi connectivity index (χ0) is 18.7. The highest BCUT2D eigenvalue weighted by Gasteiger charge is 2.19. The predicted octanol–water partition coefficient (Wildman–Crippen LogP) is 6.44. The molecule has 0 bridgehead atoms. The second kappa shape index (κ2) is 7.65. The Hall–Kier alpha value is -2.75. The van der Waals surface area contributed by atoms with Crippen molar-refractivity contribution in [1.82, 2.24) is 0 Å². The number of ether oxygens (including phenoxy) is 1. The van der Waals surface area contributed by atoms with Gasteiger partial charge in [0, 0.05) is 5.56 Å². The van der Waals surface area contributed by atoms with E-state index in [1.165, 1.54) is 13.2 Å². The first-order valence-electron chi connectivity index (χ1n) is 8.41. The molecule has 4 heteroatoms. The van der Waals surface area contributed by atoms with Crippen LogP contribution in [0.4, 0.5) is 13.2 Å². The molecule has 0 aliphatic rings. The quantitative estimate of drug-likeness (QED) is 0.478. The number of methoxy groups -OCH3 is 1. The van der Waals surface area contributed by atoms with Gasteiger partial charge in [0.05, 0.1) is 12.5 Å². The Kier molecular flexibility index (Phi) is 5.31. The number of halogens is 3. The van der Waals surface area contributed by atoms with E-state index in [2.05, 4.69) is 0 Å². The first kappa shape index (κ1) is 18.1. The van der Waals surface area contributed by atoms with E-state index in [1.54, 1.807) is 36.4 Å². The number of aryl methyl sites for hydroxylation is 1. The van der Waals surface area contributed by atoms with Gasteiger partial charge in [0.2, 0.25) is 0 Å². The van der Waals surface area contributed by atoms with Crippen LogP contribution in [0.2, 0.25) is 0 Å². The summed E-state index contributed by atoms with van der Waals surface area (Å²) in [7, 11) is 1.54. The van der Waals surface area contributed by atoms with Crippen LogP contribution in [0.15, 0.2) is 54.6 Å². The van der Waals surface area contributed by atoms with Crippen LogP contribution in [0.5, 0.6) is 5.75 Å². The van der Waals surface area contributed by atoms with E-state index >= 15 is 0 Å². The largest absolute Gasteiger partial charge is 0.497 e. The molecule has 0 aromatic heterocycles. The van der Waals surface area contributed by atoms with Crippen molar-refractivity contribution in [2.45, 2.75) is 19.8 Å². The highest BCUT2D eigenvalue weighted by Crippen LogP contribution is 2.33. The first-order valence-corrected chi connectivity index (χ1v) is 8.41. The maximum absolute atomic E-state index is 15.0. The molecular formula is C22H19F3O. The fraction of sp³-hybridized carbons (Fsp3) is 0.182. The second-order valence-corrected chi connectivity index (χ2v) is 6.03. The molecule has 0 fully saturated rings. The molecule has 0 aliphatic carbocycles. The van der Waals surface area contributed by atoms with Crippen LogP contribution >= 0.6 is 0 Å². The molecular weight excluding hydrogens is 337 g/mol. The Morgan fingerprint density at radius 1 is 0.923 bits per heavy atom. The van der Waals surface area contributed by atoms with Crippen molar-refractivity contribution in [1.29, 1.82) is 0 Å². The molecule has 0 N–H and O–H groups in total. The van der Waals surface area contributed by atoms with Crippen molar-refractivity contribution in [2.75, 3.05) is 7.11 Å². The topological polar surface area (TPSA) is 9.23 Å². The van der Waals surface area contributed by atoms with E-state index in [9.17, 15) is 13.2 Å². The number of rotatable bonds is 5. The summed E-state index contributed by atoms with van der Waals surface area (Å²) in [5, 5.41) is 0.0414. The first-order chi connectivity index (χ1) is 12.6. The average molecular weight is 356 g/mol. The Bertz CT molecular complexity index is 960. The zero-order valence-electron chi connectivity index (χ0n) is 14.7. The summed E-state index contributed by atoms with van der Waals surface area (Å²) in [6, 6.07) is 11.5. The molecule has 134 valence electrons. The van der Waals surface area contributed by atoms with Crippen molar-refractivity contribution in [3.63, 3.8) is 0 Å². The van der Waals surface area contributed by atoms with Gasteiger partial charge in [-0.15, -0.1) is 0 Å². The number of allylic oxidation sites excluding steroid dienone is 2. The summed E-state index contributed by atoms with van der Waals surface area (Å²) in [4.78, 5) is 0. The lowest BCUT2D eigenvalue weighted by Gasteiger charge is -2.11. The van der Waals surface area contributed by atoms with Gasteiger partial charge >= 0.3 is 0 Å². The van der Waals surface area contributed by atoms with Crippen molar-refractivity contribution in [2.24, 2.45) is 0 Å². The summed E-state index contributed by atoms with van der Waals surface area (Å²) in [5.41, 5.74) is 1.05. The fourth-order valence-electron chi connectivity index (χ4n) is 3.02. The Labute approximate surface area is 150 Å². The zero-order valence-corrected chi connectivity index (χ0v) is 14.7. The molecule has 0 heterocycles. The van der Waals surface area contributed by atoms with Crippen LogP contribution in [-0.2, 0) is 6.42 Å². The third kappa shape index (κ3) is 3.32. The van der Waals surface area contributed by atoms with E-state index in [4.69, 9.17) is 4.74 Å². The number of fused-ring (bicyclic) bond motifs is 1. The molecule has 3 rings (SSSR count). The van der Waals surface area contributed by atoms with Gasteiger partial charge in [-0.3, -0.25) is 0 Å². The molecule has 26 heavy (non-hydrogen) atoms. The molecule has 0 unspecified atom stereocenters. The van der Waals surface area contributed by atoms with Crippen LogP contribution in [0, 0.1) is 17.5 Å². The minimum absolute atomic E-state index is 0.222. The number of hydrogen-bond donors (Lipinski definition) is 0. The second-order valence-electron chi connectivity index (χ2n) is 6.03. The molecule has 1 nitrogen and oxygen atoms in total. The van der Waals surface area contributed by atoms with Gasteiger partial charge in [0.25, 0.3) is 0 Å². The van der Waals surface area contributed by atoms with Crippen LogP contribution in [0.25, 0.3) is 21.9 Å². The third-order valence-electron chi connectivity index (χ3n) is 4.42. The number of benzene rings is 3. The van der Waals surface area contributed by atoms with Crippen LogP contribution < -0.4 is 4.74 Å². The molecule has 0 amide bonds. The van der Waals surface area contributed by atoms with E-state index < -0.39 is 17.5 Å². The van der Waals surface area contributed by atoms with E-state index in [0.29, 0.717) is 29.5 Å². The summed E-state index contributed by atoms with van der Waals surface area (Å²) in [6.07, 6.45) is 4.71. The maximum atomic E-state index is 15.0. The normalized spacial score (nSPS) is 11.4. The maximum Gasteiger partial charge on any atom is 0.169 e. The predicted molar refractivity (Wildman–Crippen MR) is 98.9 cm³/mol.